The molecule has 0 radical (unpaired) electrons. The van der Waals surface area contributed by atoms with Gasteiger partial charge in [0.25, 0.3) is 0 Å². The number of nitrogens with one attached hydrogen (secondary N) is 2. The van der Waals surface area contributed by atoms with Gasteiger partial charge in [0, 0.05) is 31.1 Å². The molecular formula is C24H28F3N3O4S3. The minimum Gasteiger partial charge on any atom is -0.475 e. The van der Waals surface area contributed by atoms with Gasteiger partial charge in [-0.1, -0.05) is 18.2 Å². The van der Waals surface area contributed by atoms with Gasteiger partial charge in [-0.05, 0) is 77.6 Å². The minimum absolute atomic E-state index is 0.375. The molecule has 0 amide bonds. The monoisotopic (exact) mass is 575 g/mol. The number of thiophene rings is 2. The van der Waals surface area contributed by atoms with Crippen LogP contribution in [0.1, 0.15) is 24.0 Å². The number of aliphatic carboxylic acids is 1. The van der Waals surface area contributed by atoms with Crippen molar-refractivity contribution in [3.8, 4) is 10.4 Å². The molecule has 0 unspecified atom stereocenters. The van der Waals surface area contributed by atoms with Crippen molar-refractivity contribution in [2.75, 3.05) is 26.2 Å². The molecule has 1 aliphatic heterocycles. The number of carbonyl (C=O) groups is 1. The maximum atomic E-state index is 12.6. The number of rotatable bonds is 10. The number of benzene rings is 1. The Labute approximate surface area is 222 Å². The summed E-state index contributed by atoms with van der Waals surface area (Å²) in [7, 11) is -3.46. The lowest BCUT2D eigenvalue weighted by Gasteiger charge is -2.14. The standard InChI is InChI=1S/C22H27N3O2S3.C2HF3O2/c26-30(27,24-9-12-25-10-1-2-11-25)22-7-6-21(29-22)20-5-3-4-18(14-20)15-23-16-19-8-13-28-17-19;3-2(4,5)1(6)7/h3-8,13-14,17,23-24H,1-2,9-12,15-16H2;(H,6,7). The van der Waals surface area contributed by atoms with Crippen LogP contribution in [0.25, 0.3) is 10.4 Å². The molecule has 7 nitrogen and oxygen atoms in total. The van der Waals surface area contributed by atoms with Gasteiger partial charge >= 0.3 is 12.1 Å². The van der Waals surface area contributed by atoms with E-state index < -0.39 is 22.2 Å². The summed E-state index contributed by atoms with van der Waals surface area (Å²) in [6, 6.07) is 14.0. The van der Waals surface area contributed by atoms with E-state index in [0.717, 1.165) is 43.2 Å². The van der Waals surface area contributed by atoms with Crippen molar-refractivity contribution in [1.29, 1.82) is 0 Å². The predicted molar refractivity (Wildman–Crippen MR) is 139 cm³/mol. The Balaban J connectivity index is 0.000000479. The number of carboxylic acids is 1. The van der Waals surface area contributed by atoms with Crippen LogP contribution in [-0.2, 0) is 27.9 Å². The Morgan fingerprint density at radius 2 is 1.76 bits per heavy atom. The van der Waals surface area contributed by atoms with Crippen molar-refractivity contribution < 1.29 is 31.5 Å². The third-order valence-corrected chi connectivity index (χ3v) is 9.28. The maximum absolute atomic E-state index is 12.6. The van der Waals surface area contributed by atoms with Crippen LogP contribution < -0.4 is 10.0 Å². The quantitative estimate of drug-likeness (QED) is 0.322. The smallest absolute Gasteiger partial charge is 0.475 e. The Morgan fingerprint density at radius 1 is 1.05 bits per heavy atom. The lowest BCUT2D eigenvalue weighted by atomic mass is 10.1. The van der Waals surface area contributed by atoms with E-state index in [4.69, 9.17) is 9.90 Å². The number of alkyl halides is 3. The van der Waals surface area contributed by atoms with Crippen molar-refractivity contribution in [1.82, 2.24) is 14.9 Å². The molecule has 3 aromatic rings. The summed E-state index contributed by atoms with van der Waals surface area (Å²) < 4.78 is 60.1. The normalized spacial score (nSPS) is 14.4. The van der Waals surface area contributed by atoms with E-state index in [1.165, 1.54) is 35.3 Å². The molecule has 1 aromatic carbocycles. The number of sulfonamides is 1. The van der Waals surface area contributed by atoms with E-state index in [1.54, 1.807) is 17.4 Å². The summed E-state index contributed by atoms with van der Waals surface area (Å²) in [5.74, 6) is -2.76. The average molecular weight is 576 g/mol. The third-order valence-electron chi connectivity index (χ3n) is 5.46. The highest BCUT2D eigenvalue weighted by atomic mass is 32.2. The number of carboxylic acid groups (broad SMARTS) is 1. The van der Waals surface area contributed by atoms with Crippen molar-refractivity contribution in [2.24, 2.45) is 0 Å². The molecule has 0 bridgehead atoms. The predicted octanol–water partition coefficient (Wildman–Crippen LogP) is 4.77. The summed E-state index contributed by atoms with van der Waals surface area (Å²) in [5, 5.41) is 14.8. The van der Waals surface area contributed by atoms with Crippen molar-refractivity contribution >= 4 is 38.7 Å². The lowest BCUT2D eigenvalue weighted by molar-refractivity contribution is -0.192. The van der Waals surface area contributed by atoms with Gasteiger partial charge in [-0.25, -0.2) is 17.9 Å². The average Bonchev–Trinajstić information content (AvgIpc) is 3.62. The SMILES string of the molecule is O=C(O)C(F)(F)F.O=S(=O)(NCCN1CCCC1)c1ccc(-c2cccc(CNCc3ccsc3)c2)s1. The summed E-state index contributed by atoms with van der Waals surface area (Å²) in [6.07, 6.45) is -2.66. The Hall–Kier alpha value is -2.29. The largest absolute Gasteiger partial charge is 0.490 e. The zero-order chi connectivity index (χ0) is 26.9. The van der Waals surface area contributed by atoms with Gasteiger partial charge in [0.15, 0.2) is 0 Å². The number of nitrogens with zero attached hydrogens (tertiary/aromatic N) is 1. The number of likely N-dealkylation sites (tertiary alicyclic amines) is 1. The van der Waals surface area contributed by atoms with Gasteiger partial charge in [0.2, 0.25) is 10.0 Å². The van der Waals surface area contributed by atoms with Gasteiger partial charge in [-0.15, -0.1) is 11.3 Å². The molecule has 0 aliphatic carbocycles. The molecule has 1 aliphatic rings. The molecule has 2 aromatic heterocycles. The molecule has 0 spiro atoms. The summed E-state index contributed by atoms with van der Waals surface area (Å²) in [4.78, 5) is 12.2. The molecule has 37 heavy (non-hydrogen) atoms. The zero-order valence-corrected chi connectivity index (χ0v) is 22.3. The molecule has 3 N–H and O–H groups in total. The van der Waals surface area contributed by atoms with Crippen LogP contribution in [0, 0.1) is 0 Å². The van der Waals surface area contributed by atoms with Crippen molar-refractivity contribution in [3.63, 3.8) is 0 Å². The minimum atomic E-state index is -5.08. The van der Waals surface area contributed by atoms with Gasteiger partial charge in [0.05, 0.1) is 0 Å². The van der Waals surface area contributed by atoms with E-state index in [2.05, 4.69) is 43.9 Å². The van der Waals surface area contributed by atoms with E-state index in [-0.39, 0.29) is 0 Å². The fraction of sp³-hybridized carbons (Fsp3) is 0.375. The summed E-state index contributed by atoms with van der Waals surface area (Å²) in [6.45, 7) is 5.00. The van der Waals surface area contributed by atoms with E-state index in [9.17, 15) is 21.6 Å². The summed E-state index contributed by atoms with van der Waals surface area (Å²) >= 11 is 3.03. The first kappa shape index (κ1) is 29.3. The van der Waals surface area contributed by atoms with Crippen molar-refractivity contribution in [3.05, 3.63) is 64.4 Å². The first-order valence-electron chi connectivity index (χ1n) is 11.5. The summed E-state index contributed by atoms with van der Waals surface area (Å²) in [5.41, 5.74) is 3.53. The van der Waals surface area contributed by atoms with Crippen LogP contribution in [0.15, 0.2) is 57.4 Å². The van der Waals surface area contributed by atoms with Gasteiger partial charge in [-0.2, -0.15) is 24.5 Å². The van der Waals surface area contributed by atoms with E-state index in [1.807, 2.05) is 18.2 Å². The Kier molecular flexibility index (Phi) is 10.7. The topological polar surface area (TPSA) is 98.7 Å². The lowest BCUT2D eigenvalue weighted by Crippen LogP contribution is -2.33. The second-order valence-electron chi connectivity index (χ2n) is 8.30. The molecule has 0 saturated carbocycles. The van der Waals surface area contributed by atoms with Gasteiger partial charge in [0.1, 0.15) is 4.21 Å². The van der Waals surface area contributed by atoms with Gasteiger partial charge in [-0.3, -0.25) is 0 Å². The molecule has 0 atom stereocenters. The van der Waals surface area contributed by atoms with E-state index in [0.29, 0.717) is 10.8 Å². The van der Waals surface area contributed by atoms with Crippen LogP contribution in [0.5, 0.6) is 0 Å². The number of hydrogen-bond donors (Lipinski definition) is 3. The highest BCUT2D eigenvalue weighted by Crippen LogP contribution is 2.31. The maximum Gasteiger partial charge on any atom is 0.490 e. The highest BCUT2D eigenvalue weighted by Gasteiger charge is 2.38. The second kappa shape index (κ2) is 13.5. The first-order valence-corrected chi connectivity index (χ1v) is 14.7. The van der Waals surface area contributed by atoms with Crippen LogP contribution in [0.3, 0.4) is 0 Å². The van der Waals surface area contributed by atoms with Crippen LogP contribution in [0.4, 0.5) is 13.2 Å². The zero-order valence-electron chi connectivity index (χ0n) is 19.8. The van der Waals surface area contributed by atoms with Crippen molar-refractivity contribution in [2.45, 2.75) is 36.3 Å². The Morgan fingerprint density at radius 3 is 2.41 bits per heavy atom. The molecule has 202 valence electrons. The fourth-order valence-corrected chi connectivity index (χ4v) is 6.65. The first-order chi connectivity index (χ1) is 17.5. The molecule has 1 fully saturated rings. The molecule has 1 saturated heterocycles. The number of halogens is 3. The Bertz CT molecular complexity index is 1240. The fourth-order valence-electron chi connectivity index (χ4n) is 3.61. The third kappa shape index (κ3) is 9.51. The molecular weight excluding hydrogens is 547 g/mol. The van der Waals surface area contributed by atoms with Crippen LogP contribution in [-0.4, -0.2) is 56.7 Å². The van der Waals surface area contributed by atoms with Gasteiger partial charge < -0.3 is 15.3 Å². The van der Waals surface area contributed by atoms with E-state index >= 15 is 0 Å². The number of hydrogen-bond acceptors (Lipinski definition) is 7. The molecule has 13 heteroatoms. The molecule has 4 rings (SSSR count). The second-order valence-corrected chi connectivity index (χ2v) is 12.2. The highest BCUT2D eigenvalue weighted by molar-refractivity contribution is 7.91. The molecule has 3 heterocycles. The van der Waals surface area contributed by atoms with Crippen LogP contribution >= 0.6 is 22.7 Å². The van der Waals surface area contributed by atoms with Crippen LogP contribution in [0.2, 0.25) is 0 Å².